The van der Waals surface area contributed by atoms with Gasteiger partial charge in [0.15, 0.2) is 0 Å². The third kappa shape index (κ3) is 5.68. The van der Waals surface area contributed by atoms with E-state index in [0.717, 1.165) is 32.5 Å². The van der Waals surface area contributed by atoms with Gasteiger partial charge >= 0.3 is 0 Å². The van der Waals surface area contributed by atoms with E-state index in [-0.39, 0.29) is 10.8 Å². The summed E-state index contributed by atoms with van der Waals surface area (Å²) in [7, 11) is -3.70. The van der Waals surface area contributed by atoms with E-state index in [1.807, 2.05) is 25.1 Å². The van der Waals surface area contributed by atoms with Crippen LogP contribution in [0.1, 0.15) is 35.7 Å². The van der Waals surface area contributed by atoms with E-state index in [0.29, 0.717) is 44.1 Å². The third-order valence-corrected chi connectivity index (χ3v) is 8.23. The first-order valence-corrected chi connectivity index (χ1v) is 13.4. The zero-order chi connectivity index (χ0) is 24.0. The first kappa shape index (κ1) is 24.4. The monoisotopic (exact) mass is 483 g/mol. The van der Waals surface area contributed by atoms with Crippen LogP contribution in [-0.4, -0.2) is 80.9 Å². The number of sulfonamides is 1. The number of rotatable bonds is 8. The van der Waals surface area contributed by atoms with E-state index >= 15 is 0 Å². The van der Waals surface area contributed by atoms with Crippen molar-refractivity contribution in [2.75, 3.05) is 52.4 Å². The molecule has 0 atom stereocenters. The number of nitrogens with zero attached hydrogens (tertiary/aromatic N) is 3. The molecule has 7 nitrogen and oxygen atoms in total. The Bertz CT molecular complexity index is 1100. The maximum absolute atomic E-state index is 13.2. The molecule has 182 valence electrons. The van der Waals surface area contributed by atoms with Gasteiger partial charge in [0.2, 0.25) is 10.0 Å². The van der Waals surface area contributed by atoms with E-state index in [1.165, 1.54) is 15.9 Å². The summed E-state index contributed by atoms with van der Waals surface area (Å²) in [4.78, 5) is 17.4. The van der Waals surface area contributed by atoms with Gasteiger partial charge in [0, 0.05) is 51.4 Å². The molecule has 0 aliphatic carbocycles. The Morgan fingerprint density at radius 1 is 0.971 bits per heavy atom. The molecule has 4 rings (SSSR count). The largest absolute Gasteiger partial charge is 0.492 e. The number of hydrogen-bond acceptors (Lipinski definition) is 5. The van der Waals surface area contributed by atoms with Crippen LogP contribution in [0.2, 0.25) is 0 Å². The van der Waals surface area contributed by atoms with Gasteiger partial charge in [-0.1, -0.05) is 42.5 Å². The Balaban J connectivity index is 1.41. The first-order valence-electron chi connectivity index (χ1n) is 12.0. The van der Waals surface area contributed by atoms with Crippen LogP contribution in [0.3, 0.4) is 0 Å². The highest BCUT2D eigenvalue weighted by Crippen LogP contribution is 2.30. The molecule has 0 spiro atoms. The van der Waals surface area contributed by atoms with Crippen molar-refractivity contribution in [3.05, 3.63) is 65.7 Å². The Hall–Kier alpha value is -2.68. The molecule has 2 aliphatic heterocycles. The number of carbonyl (C=O) groups excluding carboxylic acids is 1. The molecule has 2 heterocycles. The third-order valence-electron chi connectivity index (χ3n) is 6.31. The van der Waals surface area contributed by atoms with E-state index in [1.54, 1.807) is 17.0 Å². The highest BCUT2D eigenvalue weighted by molar-refractivity contribution is 7.89. The van der Waals surface area contributed by atoms with Crippen molar-refractivity contribution in [2.45, 2.75) is 24.7 Å². The van der Waals surface area contributed by atoms with Crippen molar-refractivity contribution in [1.82, 2.24) is 14.1 Å². The van der Waals surface area contributed by atoms with Crippen LogP contribution in [0, 0.1) is 0 Å². The average molecular weight is 484 g/mol. The fraction of sp³-hybridized carbons (Fsp3) is 0.423. The van der Waals surface area contributed by atoms with Crippen LogP contribution >= 0.6 is 0 Å². The van der Waals surface area contributed by atoms with Crippen LogP contribution in [0.4, 0.5) is 0 Å². The van der Waals surface area contributed by atoms with Crippen LogP contribution in [0.25, 0.3) is 6.08 Å². The smallest absolute Gasteiger partial charge is 0.253 e. The van der Waals surface area contributed by atoms with Gasteiger partial charge < -0.3 is 9.64 Å². The summed E-state index contributed by atoms with van der Waals surface area (Å²) < 4.78 is 33.6. The minimum absolute atomic E-state index is 0.0896. The lowest BCUT2D eigenvalue weighted by Crippen LogP contribution is -2.48. The van der Waals surface area contributed by atoms with Crippen molar-refractivity contribution in [3.63, 3.8) is 0 Å². The molecule has 0 N–H and O–H groups in total. The summed E-state index contributed by atoms with van der Waals surface area (Å²) >= 11 is 0. The fourth-order valence-electron chi connectivity index (χ4n) is 4.40. The lowest BCUT2D eigenvalue weighted by molar-refractivity contribution is 0.0650. The average Bonchev–Trinajstić information content (AvgIpc) is 3.41. The predicted molar refractivity (Wildman–Crippen MR) is 133 cm³/mol. The van der Waals surface area contributed by atoms with Crippen LogP contribution in [0.5, 0.6) is 5.75 Å². The number of amides is 1. The summed E-state index contributed by atoms with van der Waals surface area (Å²) in [5.41, 5.74) is 1.56. The summed E-state index contributed by atoms with van der Waals surface area (Å²) in [6.07, 6.45) is 5.97. The summed E-state index contributed by atoms with van der Waals surface area (Å²) in [5.74, 6) is 0.168. The fourth-order valence-corrected chi connectivity index (χ4v) is 6.08. The minimum atomic E-state index is -3.70. The Labute approximate surface area is 202 Å². The van der Waals surface area contributed by atoms with Crippen molar-refractivity contribution >= 4 is 22.0 Å². The van der Waals surface area contributed by atoms with Gasteiger partial charge in [-0.15, -0.1) is 0 Å². The Morgan fingerprint density at radius 3 is 2.35 bits per heavy atom. The molecule has 0 radical (unpaired) electrons. The van der Waals surface area contributed by atoms with Crippen molar-refractivity contribution < 1.29 is 17.9 Å². The Morgan fingerprint density at radius 2 is 1.68 bits per heavy atom. The zero-order valence-corrected chi connectivity index (χ0v) is 20.5. The van der Waals surface area contributed by atoms with Gasteiger partial charge in [-0.05, 0) is 43.5 Å². The lowest BCUT2D eigenvalue weighted by atomic mass is 10.1. The molecule has 2 aliphatic rings. The number of ether oxygens (including phenoxy) is 1. The number of carbonyl (C=O) groups is 1. The molecule has 1 amide bonds. The normalized spacial score (nSPS) is 18.0. The number of piperazine rings is 1. The maximum Gasteiger partial charge on any atom is 0.253 e. The predicted octanol–water partition coefficient (Wildman–Crippen LogP) is 3.34. The highest BCUT2D eigenvalue weighted by atomic mass is 32.2. The number of benzene rings is 2. The molecule has 0 saturated carbocycles. The van der Waals surface area contributed by atoms with Gasteiger partial charge in [0.1, 0.15) is 10.6 Å². The van der Waals surface area contributed by atoms with Gasteiger partial charge in [0.05, 0.1) is 6.61 Å². The van der Waals surface area contributed by atoms with E-state index in [4.69, 9.17) is 4.74 Å². The first-order chi connectivity index (χ1) is 16.5. The van der Waals surface area contributed by atoms with Crippen LogP contribution in [-0.2, 0) is 10.0 Å². The molecule has 2 fully saturated rings. The van der Waals surface area contributed by atoms with Crippen molar-refractivity contribution in [1.29, 1.82) is 0 Å². The molecule has 0 bridgehead atoms. The van der Waals surface area contributed by atoms with Crippen molar-refractivity contribution in [3.8, 4) is 5.75 Å². The zero-order valence-electron chi connectivity index (χ0n) is 19.7. The quantitative estimate of drug-likeness (QED) is 0.576. The molecule has 8 heteroatoms. The minimum Gasteiger partial charge on any atom is -0.492 e. The molecule has 2 aromatic rings. The van der Waals surface area contributed by atoms with E-state index in [9.17, 15) is 13.2 Å². The number of hydrogen-bond donors (Lipinski definition) is 0. The van der Waals surface area contributed by atoms with E-state index in [2.05, 4.69) is 29.2 Å². The molecular weight excluding hydrogens is 450 g/mol. The molecule has 2 saturated heterocycles. The molecule has 0 aromatic heterocycles. The van der Waals surface area contributed by atoms with Gasteiger partial charge in [0.25, 0.3) is 5.91 Å². The van der Waals surface area contributed by atoms with Gasteiger partial charge in [-0.25, -0.2) is 8.42 Å². The maximum atomic E-state index is 13.2. The summed E-state index contributed by atoms with van der Waals surface area (Å²) in [5, 5.41) is 0. The standard InChI is InChI=1S/C26H33N3O4S/c1-2-33-24-13-12-23(21-25(24)34(31,32)29-15-6-7-16-29)26(30)28-19-17-27(18-20-28)14-8-11-22-9-4-3-5-10-22/h3-5,8-13,21H,2,6-7,14-20H2,1H3/b11-8+. The second kappa shape index (κ2) is 11.2. The van der Waals surface area contributed by atoms with Crippen LogP contribution < -0.4 is 4.74 Å². The second-order valence-corrected chi connectivity index (χ2v) is 10.5. The SMILES string of the molecule is CCOc1ccc(C(=O)N2CCN(C/C=C/c3ccccc3)CC2)cc1S(=O)(=O)N1CCCC1. The lowest BCUT2D eigenvalue weighted by Gasteiger charge is -2.34. The molecule has 34 heavy (non-hydrogen) atoms. The molecule has 0 unspecified atom stereocenters. The molecule has 2 aromatic carbocycles. The summed E-state index contributed by atoms with van der Waals surface area (Å²) in [6, 6.07) is 15.0. The van der Waals surface area contributed by atoms with Crippen molar-refractivity contribution in [2.24, 2.45) is 0 Å². The highest BCUT2D eigenvalue weighted by Gasteiger charge is 2.31. The second-order valence-electron chi connectivity index (χ2n) is 8.61. The summed E-state index contributed by atoms with van der Waals surface area (Å²) in [6.45, 7) is 6.80. The van der Waals surface area contributed by atoms with Gasteiger partial charge in [-0.3, -0.25) is 9.69 Å². The van der Waals surface area contributed by atoms with Crippen LogP contribution in [0.15, 0.2) is 59.5 Å². The van der Waals surface area contributed by atoms with E-state index < -0.39 is 10.0 Å². The van der Waals surface area contributed by atoms with Gasteiger partial charge in [-0.2, -0.15) is 4.31 Å². The molecular formula is C26H33N3O4S. The topological polar surface area (TPSA) is 70.2 Å². The Kier molecular flexibility index (Phi) is 8.03.